The molecule has 0 amide bonds. The van der Waals surface area contributed by atoms with Gasteiger partial charge in [-0.1, -0.05) is 36.0 Å². The van der Waals surface area contributed by atoms with Crippen molar-refractivity contribution in [2.24, 2.45) is 0 Å². The summed E-state index contributed by atoms with van der Waals surface area (Å²) in [5.41, 5.74) is 1.30. The highest BCUT2D eigenvalue weighted by atomic mass is 32.2. The van der Waals surface area contributed by atoms with Crippen molar-refractivity contribution in [1.82, 2.24) is 4.90 Å². The van der Waals surface area contributed by atoms with E-state index in [9.17, 15) is 9.50 Å². The molecule has 0 aliphatic carbocycles. The summed E-state index contributed by atoms with van der Waals surface area (Å²) in [6.45, 7) is 2.88. The SMILES string of the molecule is OC1(c2ccc(F)cc2)CCN(CCCCC2Nc3ccccc3S2)CC1. The third kappa shape index (κ3) is 4.48. The number of anilines is 1. The molecule has 0 saturated carbocycles. The molecule has 4 rings (SSSR count). The van der Waals surface area contributed by atoms with Crippen molar-refractivity contribution in [3.63, 3.8) is 0 Å². The van der Waals surface area contributed by atoms with Crippen molar-refractivity contribution in [1.29, 1.82) is 0 Å². The molecule has 1 atom stereocenters. The van der Waals surface area contributed by atoms with E-state index in [4.69, 9.17) is 0 Å². The first-order valence-electron chi connectivity index (χ1n) is 9.85. The molecule has 1 fully saturated rings. The molecule has 0 spiro atoms. The molecule has 1 saturated heterocycles. The highest BCUT2D eigenvalue weighted by Gasteiger charge is 2.33. The summed E-state index contributed by atoms with van der Waals surface area (Å²) < 4.78 is 13.1. The smallest absolute Gasteiger partial charge is 0.123 e. The molecular weight excluding hydrogens is 359 g/mol. The van der Waals surface area contributed by atoms with Gasteiger partial charge in [0.1, 0.15) is 5.82 Å². The number of hydrogen-bond donors (Lipinski definition) is 2. The fraction of sp³-hybridized carbons (Fsp3) is 0.455. The number of thioether (sulfide) groups is 1. The average Bonchev–Trinajstić information content (AvgIpc) is 3.10. The Balaban J connectivity index is 1.17. The Bertz CT molecular complexity index is 734. The first-order valence-corrected chi connectivity index (χ1v) is 10.7. The van der Waals surface area contributed by atoms with Crippen molar-refractivity contribution in [2.45, 2.75) is 48.0 Å². The Morgan fingerprint density at radius 2 is 1.81 bits per heavy atom. The van der Waals surface area contributed by atoms with Crippen LogP contribution in [0.2, 0.25) is 0 Å². The molecule has 2 aromatic carbocycles. The number of nitrogens with zero attached hydrogens (tertiary/aromatic N) is 1. The molecule has 2 aliphatic rings. The Morgan fingerprint density at radius 3 is 2.56 bits per heavy atom. The number of aliphatic hydroxyl groups is 1. The lowest BCUT2D eigenvalue weighted by Crippen LogP contribution is -2.42. The van der Waals surface area contributed by atoms with Crippen LogP contribution >= 0.6 is 11.8 Å². The summed E-state index contributed by atoms with van der Waals surface area (Å²) in [6, 6.07) is 14.8. The van der Waals surface area contributed by atoms with Gasteiger partial charge in [-0.05, 0) is 68.5 Å². The van der Waals surface area contributed by atoms with Gasteiger partial charge in [-0.2, -0.15) is 0 Å². The third-order valence-electron chi connectivity index (χ3n) is 5.73. The highest BCUT2D eigenvalue weighted by molar-refractivity contribution is 8.00. The maximum absolute atomic E-state index is 13.1. The van der Waals surface area contributed by atoms with Crippen LogP contribution in [0.1, 0.15) is 37.7 Å². The van der Waals surface area contributed by atoms with E-state index in [2.05, 4.69) is 34.5 Å². The monoisotopic (exact) mass is 386 g/mol. The lowest BCUT2D eigenvalue weighted by molar-refractivity contribution is -0.0261. The van der Waals surface area contributed by atoms with E-state index in [-0.39, 0.29) is 5.82 Å². The minimum Gasteiger partial charge on any atom is -0.385 e. The molecule has 1 unspecified atom stereocenters. The van der Waals surface area contributed by atoms with Crippen LogP contribution in [0.3, 0.4) is 0 Å². The molecule has 2 aromatic rings. The summed E-state index contributed by atoms with van der Waals surface area (Å²) in [5, 5.41) is 15.0. The zero-order chi connectivity index (χ0) is 18.7. The first-order chi connectivity index (χ1) is 13.1. The van der Waals surface area contributed by atoms with Gasteiger partial charge in [-0.3, -0.25) is 0 Å². The molecular formula is C22H27FN2OS. The van der Waals surface area contributed by atoms with Gasteiger partial charge >= 0.3 is 0 Å². The second-order valence-corrected chi connectivity index (χ2v) is 8.87. The standard InChI is InChI=1S/C22H27FN2OS/c23-18-10-8-17(9-11-18)22(26)12-15-25(16-13-22)14-4-3-7-21-24-19-5-1-2-6-20(19)27-21/h1-2,5-6,8-11,21,24,26H,3-4,7,12-16H2. The molecule has 2 aliphatic heterocycles. The van der Waals surface area contributed by atoms with E-state index in [0.29, 0.717) is 18.2 Å². The summed E-state index contributed by atoms with van der Waals surface area (Å²) in [7, 11) is 0. The van der Waals surface area contributed by atoms with Crippen molar-refractivity contribution >= 4 is 17.4 Å². The molecule has 144 valence electrons. The highest BCUT2D eigenvalue weighted by Crippen LogP contribution is 2.39. The number of unbranched alkanes of at least 4 members (excludes halogenated alkanes) is 1. The first kappa shape index (κ1) is 18.8. The molecule has 2 heterocycles. The van der Waals surface area contributed by atoms with Gasteiger partial charge in [0, 0.05) is 23.7 Å². The van der Waals surface area contributed by atoms with Gasteiger partial charge in [0.2, 0.25) is 0 Å². The Kier molecular flexibility index (Phi) is 5.71. The second kappa shape index (κ2) is 8.21. The van der Waals surface area contributed by atoms with E-state index in [0.717, 1.165) is 25.2 Å². The maximum atomic E-state index is 13.1. The zero-order valence-corrected chi connectivity index (χ0v) is 16.4. The van der Waals surface area contributed by atoms with Crippen molar-refractivity contribution < 1.29 is 9.50 Å². The van der Waals surface area contributed by atoms with Gasteiger partial charge in [-0.15, -0.1) is 0 Å². The van der Waals surface area contributed by atoms with Crippen LogP contribution in [0.25, 0.3) is 0 Å². The van der Waals surface area contributed by atoms with Crippen LogP contribution in [0.15, 0.2) is 53.4 Å². The lowest BCUT2D eigenvalue weighted by Gasteiger charge is -2.38. The maximum Gasteiger partial charge on any atom is 0.123 e. The summed E-state index contributed by atoms with van der Waals surface area (Å²) >= 11 is 1.94. The average molecular weight is 387 g/mol. The zero-order valence-electron chi connectivity index (χ0n) is 15.5. The molecule has 5 heteroatoms. The minimum atomic E-state index is -0.805. The van der Waals surface area contributed by atoms with Crippen LogP contribution in [0.4, 0.5) is 10.1 Å². The number of halogens is 1. The predicted molar refractivity (Wildman–Crippen MR) is 110 cm³/mol. The largest absolute Gasteiger partial charge is 0.385 e. The molecule has 0 bridgehead atoms. The Hall–Kier alpha value is -1.56. The molecule has 27 heavy (non-hydrogen) atoms. The number of benzene rings is 2. The number of nitrogens with one attached hydrogen (secondary N) is 1. The number of hydrogen-bond acceptors (Lipinski definition) is 4. The fourth-order valence-electron chi connectivity index (χ4n) is 4.04. The Labute approximate surface area is 165 Å². The van der Waals surface area contributed by atoms with Gasteiger partial charge in [0.15, 0.2) is 0 Å². The number of fused-ring (bicyclic) bond motifs is 1. The molecule has 0 aromatic heterocycles. The van der Waals surface area contributed by atoms with Gasteiger partial charge in [0.05, 0.1) is 11.0 Å². The number of likely N-dealkylation sites (tertiary alicyclic amines) is 1. The molecule has 0 radical (unpaired) electrons. The van der Waals surface area contributed by atoms with Gasteiger partial charge in [0.25, 0.3) is 0 Å². The number of piperidine rings is 1. The van der Waals surface area contributed by atoms with Crippen molar-refractivity contribution in [3.05, 3.63) is 59.9 Å². The predicted octanol–water partition coefficient (Wildman–Crippen LogP) is 4.82. The molecule has 3 nitrogen and oxygen atoms in total. The van der Waals surface area contributed by atoms with Crippen LogP contribution < -0.4 is 5.32 Å². The second-order valence-electron chi connectivity index (χ2n) is 7.62. The molecule has 2 N–H and O–H groups in total. The number of rotatable bonds is 6. The fourth-order valence-corrected chi connectivity index (χ4v) is 5.22. The van der Waals surface area contributed by atoms with Gasteiger partial charge < -0.3 is 15.3 Å². The van der Waals surface area contributed by atoms with E-state index < -0.39 is 5.60 Å². The van der Waals surface area contributed by atoms with E-state index >= 15 is 0 Å². The van der Waals surface area contributed by atoms with Crippen molar-refractivity contribution in [3.8, 4) is 0 Å². The summed E-state index contributed by atoms with van der Waals surface area (Å²) in [5.74, 6) is -0.252. The van der Waals surface area contributed by atoms with Crippen LogP contribution in [-0.4, -0.2) is 35.0 Å². The van der Waals surface area contributed by atoms with E-state index in [1.54, 1.807) is 12.1 Å². The summed E-state index contributed by atoms with van der Waals surface area (Å²) in [6.07, 6.45) is 5.00. The topological polar surface area (TPSA) is 35.5 Å². The lowest BCUT2D eigenvalue weighted by atomic mass is 9.84. The van der Waals surface area contributed by atoms with Gasteiger partial charge in [-0.25, -0.2) is 4.39 Å². The quantitative estimate of drug-likeness (QED) is 0.698. The summed E-state index contributed by atoms with van der Waals surface area (Å²) in [4.78, 5) is 3.81. The van der Waals surface area contributed by atoms with E-state index in [1.807, 2.05) is 11.8 Å². The minimum absolute atomic E-state index is 0.252. The van der Waals surface area contributed by atoms with Crippen LogP contribution in [0, 0.1) is 5.82 Å². The third-order valence-corrected chi connectivity index (χ3v) is 6.98. The Morgan fingerprint density at radius 1 is 1.07 bits per heavy atom. The normalized spacial score (nSPS) is 21.6. The van der Waals surface area contributed by atoms with E-state index in [1.165, 1.54) is 42.0 Å². The van der Waals surface area contributed by atoms with Crippen LogP contribution in [0.5, 0.6) is 0 Å². The number of para-hydroxylation sites is 1. The van der Waals surface area contributed by atoms with Crippen LogP contribution in [-0.2, 0) is 5.60 Å². The van der Waals surface area contributed by atoms with Crippen molar-refractivity contribution in [2.75, 3.05) is 25.0 Å².